The van der Waals surface area contributed by atoms with Gasteiger partial charge in [-0.05, 0) is 19.3 Å². The maximum absolute atomic E-state index is 5.44. The van der Waals surface area contributed by atoms with Crippen LogP contribution in [-0.2, 0) is 4.74 Å². The summed E-state index contributed by atoms with van der Waals surface area (Å²) in [5, 5.41) is 0. The molecule has 0 aliphatic heterocycles. The van der Waals surface area contributed by atoms with Crippen LogP contribution in [0.2, 0.25) is 0 Å². The van der Waals surface area contributed by atoms with Crippen LogP contribution in [0.25, 0.3) is 0 Å². The van der Waals surface area contributed by atoms with Crippen molar-refractivity contribution in [3.05, 3.63) is 6.92 Å². The van der Waals surface area contributed by atoms with Gasteiger partial charge in [0, 0.05) is 13.5 Å². The molecule has 1 unspecified atom stereocenters. The Balaban J connectivity index is 0. The third-order valence-corrected chi connectivity index (χ3v) is 2.15. The fraction of sp³-hybridized carbons (Fsp3) is 0.769. The normalized spacial score (nSPS) is 13.7. The van der Waals surface area contributed by atoms with E-state index >= 15 is 0 Å². The average Bonchev–Trinajstić information content (AvgIpc) is 2.11. The van der Waals surface area contributed by atoms with E-state index in [1.807, 2.05) is 0 Å². The van der Waals surface area contributed by atoms with Crippen molar-refractivity contribution in [1.82, 2.24) is 0 Å². The SMILES string of the molecule is [CH2-]CCCC#CC(C)(CC(C)C)OC.[Li+]. The molecule has 0 rings (SSSR count). The predicted octanol–water partition coefficient (Wildman–Crippen LogP) is 0.449. The van der Waals surface area contributed by atoms with Crippen LogP contribution in [0.5, 0.6) is 0 Å². The first-order valence-corrected chi connectivity index (χ1v) is 5.38. The second-order valence-corrected chi connectivity index (χ2v) is 4.29. The molecule has 0 aromatic rings. The summed E-state index contributed by atoms with van der Waals surface area (Å²) in [6.45, 7) is 10.2. The molecule has 0 saturated carbocycles. The van der Waals surface area contributed by atoms with Crippen LogP contribution >= 0.6 is 0 Å². The molecule has 0 aliphatic rings. The Morgan fingerprint density at radius 3 is 2.40 bits per heavy atom. The first kappa shape index (κ1) is 17.5. The molecule has 0 saturated heterocycles. The monoisotopic (exact) mass is 202 g/mol. The fourth-order valence-electron chi connectivity index (χ4n) is 1.43. The Labute approximate surface area is 108 Å². The van der Waals surface area contributed by atoms with E-state index in [2.05, 4.69) is 39.5 Å². The summed E-state index contributed by atoms with van der Waals surface area (Å²) in [5.74, 6) is 6.99. The largest absolute Gasteiger partial charge is 1.00 e. The van der Waals surface area contributed by atoms with Gasteiger partial charge in [-0.3, -0.25) is 0 Å². The zero-order valence-electron chi connectivity index (χ0n) is 11.0. The number of hydrogen-bond acceptors (Lipinski definition) is 1. The van der Waals surface area contributed by atoms with Crippen LogP contribution in [0.15, 0.2) is 0 Å². The van der Waals surface area contributed by atoms with E-state index in [-0.39, 0.29) is 24.5 Å². The summed E-state index contributed by atoms with van der Waals surface area (Å²) in [6, 6.07) is 0. The summed E-state index contributed by atoms with van der Waals surface area (Å²) in [4.78, 5) is 0. The molecular formula is C13H23LiO. The summed E-state index contributed by atoms with van der Waals surface area (Å²) in [5.41, 5.74) is -0.269. The molecule has 15 heavy (non-hydrogen) atoms. The molecule has 0 radical (unpaired) electrons. The van der Waals surface area contributed by atoms with Crippen LogP contribution in [0.4, 0.5) is 0 Å². The quantitative estimate of drug-likeness (QED) is 0.272. The molecule has 0 spiro atoms. The zero-order valence-corrected chi connectivity index (χ0v) is 11.0. The van der Waals surface area contributed by atoms with Gasteiger partial charge in [0.1, 0.15) is 5.60 Å². The minimum Gasteiger partial charge on any atom is -0.366 e. The number of ether oxygens (including phenoxy) is 1. The van der Waals surface area contributed by atoms with Gasteiger partial charge in [-0.1, -0.05) is 26.2 Å². The van der Waals surface area contributed by atoms with Gasteiger partial charge in [0.15, 0.2) is 0 Å². The first-order valence-electron chi connectivity index (χ1n) is 5.38. The van der Waals surface area contributed by atoms with E-state index < -0.39 is 0 Å². The number of methoxy groups -OCH3 is 1. The van der Waals surface area contributed by atoms with Gasteiger partial charge in [0.05, 0.1) is 0 Å². The molecule has 0 aromatic heterocycles. The van der Waals surface area contributed by atoms with Gasteiger partial charge in [-0.2, -0.15) is 6.42 Å². The van der Waals surface area contributed by atoms with Crippen molar-refractivity contribution in [1.29, 1.82) is 0 Å². The van der Waals surface area contributed by atoms with Gasteiger partial charge in [-0.25, -0.2) is 0 Å². The van der Waals surface area contributed by atoms with Crippen molar-refractivity contribution < 1.29 is 23.6 Å². The maximum atomic E-state index is 5.44. The Morgan fingerprint density at radius 1 is 1.40 bits per heavy atom. The van der Waals surface area contributed by atoms with E-state index in [1.54, 1.807) is 7.11 Å². The maximum Gasteiger partial charge on any atom is 1.00 e. The van der Waals surface area contributed by atoms with Crippen molar-refractivity contribution in [3.8, 4) is 11.8 Å². The minimum atomic E-state index is -0.269. The van der Waals surface area contributed by atoms with Crippen LogP contribution in [0.3, 0.4) is 0 Å². The summed E-state index contributed by atoms with van der Waals surface area (Å²) in [6.07, 6.45) is 3.96. The molecule has 1 atom stereocenters. The van der Waals surface area contributed by atoms with E-state index in [1.165, 1.54) is 0 Å². The van der Waals surface area contributed by atoms with Gasteiger partial charge in [-0.15, -0.1) is 5.92 Å². The molecular weight excluding hydrogens is 179 g/mol. The topological polar surface area (TPSA) is 9.23 Å². The van der Waals surface area contributed by atoms with Gasteiger partial charge >= 0.3 is 18.9 Å². The summed E-state index contributed by atoms with van der Waals surface area (Å²) in [7, 11) is 1.73. The number of rotatable bonds is 5. The van der Waals surface area contributed by atoms with Crippen molar-refractivity contribution in [2.45, 2.75) is 52.1 Å². The first-order chi connectivity index (χ1) is 6.54. The van der Waals surface area contributed by atoms with E-state index in [9.17, 15) is 0 Å². The second kappa shape index (κ2) is 9.35. The van der Waals surface area contributed by atoms with Crippen LogP contribution in [0, 0.1) is 24.7 Å². The Bertz CT molecular complexity index is 202. The third-order valence-electron chi connectivity index (χ3n) is 2.15. The fourth-order valence-corrected chi connectivity index (χ4v) is 1.43. The van der Waals surface area contributed by atoms with Gasteiger partial charge in [0.25, 0.3) is 0 Å². The molecule has 0 heterocycles. The summed E-state index contributed by atoms with van der Waals surface area (Å²) < 4.78 is 5.44. The Morgan fingerprint density at radius 2 is 2.00 bits per heavy atom. The molecule has 0 N–H and O–H groups in total. The van der Waals surface area contributed by atoms with Gasteiger partial charge in [0.2, 0.25) is 0 Å². The smallest absolute Gasteiger partial charge is 0.366 e. The molecule has 82 valence electrons. The van der Waals surface area contributed by atoms with E-state index in [0.29, 0.717) is 5.92 Å². The van der Waals surface area contributed by atoms with Crippen LogP contribution < -0.4 is 18.9 Å². The Hall–Kier alpha value is 0.117. The zero-order chi connectivity index (χ0) is 11.0. The number of unbranched alkanes of at least 4 members (excludes halogenated alkanes) is 2. The molecule has 0 fully saturated rings. The van der Waals surface area contributed by atoms with Crippen molar-refractivity contribution in [2.24, 2.45) is 5.92 Å². The number of hydrogen-bond donors (Lipinski definition) is 0. The minimum absolute atomic E-state index is 0. The van der Waals surface area contributed by atoms with E-state index in [0.717, 1.165) is 25.7 Å². The molecule has 0 aromatic carbocycles. The summed E-state index contributed by atoms with van der Waals surface area (Å²) >= 11 is 0. The van der Waals surface area contributed by atoms with Crippen LogP contribution in [-0.4, -0.2) is 12.7 Å². The molecule has 0 amide bonds. The van der Waals surface area contributed by atoms with Crippen molar-refractivity contribution in [3.63, 3.8) is 0 Å². The Kier molecular flexibility index (Phi) is 10.9. The molecule has 1 nitrogen and oxygen atoms in total. The molecule has 0 bridgehead atoms. The van der Waals surface area contributed by atoms with Crippen LogP contribution in [0.1, 0.15) is 46.5 Å². The van der Waals surface area contributed by atoms with Crippen molar-refractivity contribution >= 4 is 0 Å². The van der Waals surface area contributed by atoms with Gasteiger partial charge < -0.3 is 11.7 Å². The standard InChI is InChI=1S/C13H23O.Li/c1-6-7-8-9-10-13(4,14-5)11-12(2)3;/h12H,1,6-8,11H2,2-5H3;/q-1;+1. The second-order valence-electron chi connectivity index (χ2n) is 4.29. The average molecular weight is 202 g/mol. The predicted molar refractivity (Wildman–Crippen MR) is 61.9 cm³/mol. The molecule has 2 heteroatoms. The van der Waals surface area contributed by atoms with Crippen molar-refractivity contribution in [2.75, 3.05) is 7.11 Å². The molecule has 0 aliphatic carbocycles. The third kappa shape index (κ3) is 9.07. The van der Waals surface area contributed by atoms with E-state index in [4.69, 9.17) is 4.74 Å².